The number of rotatable bonds is 0. The Kier molecular flexibility index (Phi) is 1.75. The summed E-state index contributed by atoms with van der Waals surface area (Å²) in [5.41, 5.74) is 2.78. The summed E-state index contributed by atoms with van der Waals surface area (Å²) in [5, 5.41) is 1.10. The zero-order chi connectivity index (χ0) is 9.26. The van der Waals surface area contributed by atoms with E-state index in [-0.39, 0.29) is 0 Å². The molecule has 1 aromatic carbocycles. The number of benzene rings is 1. The van der Waals surface area contributed by atoms with Crippen LogP contribution in [0.25, 0.3) is 10.9 Å². The second-order valence-corrected chi connectivity index (χ2v) is 2.97. The SMILES string of the molecule is C#Cc1cccc2ccc(C)nc12. The highest BCUT2D eigenvalue weighted by molar-refractivity contribution is 5.84. The standard InChI is InChI=1S/C12H9N/c1-3-10-5-4-6-11-8-7-9(2)13-12(10)11/h1,4-8H,2H3. The molecule has 0 atom stereocenters. The van der Waals surface area contributed by atoms with Gasteiger partial charge in [-0.25, -0.2) is 0 Å². The fraction of sp³-hybridized carbons (Fsp3) is 0.0833. The van der Waals surface area contributed by atoms with E-state index in [2.05, 4.69) is 10.9 Å². The fourth-order valence-electron chi connectivity index (χ4n) is 1.36. The summed E-state index contributed by atoms with van der Waals surface area (Å²) >= 11 is 0. The first kappa shape index (κ1) is 7.82. The van der Waals surface area contributed by atoms with Gasteiger partial charge in [0.15, 0.2) is 0 Å². The number of aryl methyl sites for hydroxylation is 1. The molecule has 1 heterocycles. The lowest BCUT2D eigenvalue weighted by Crippen LogP contribution is -1.86. The van der Waals surface area contributed by atoms with E-state index in [1.54, 1.807) is 0 Å². The van der Waals surface area contributed by atoms with E-state index in [1.165, 1.54) is 0 Å². The third-order valence-corrected chi connectivity index (χ3v) is 2.01. The Morgan fingerprint density at radius 3 is 2.85 bits per heavy atom. The van der Waals surface area contributed by atoms with Crippen LogP contribution in [0.4, 0.5) is 0 Å². The van der Waals surface area contributed by atoms with Crippen LogP contribution in [0.2, 0.25) is 0 Å². The zero-order valence-electron chi connectivity index (χ0n) is 7.41. The van der Waals surface area contributed by atoms with Crippen molar-refractivity contribution in [2.45, 2.75) is 6.92 Å². The van der Waals surface area contributed by atoms with Gasteiger partial charge >= 0.3 is 0 Å². The van der Waals surface area contributed by atoms with Crippen molar-refractivity contribution in [3.8, 4) is 12.3 Å². The predicted octanol–water partition coefficient (Wildman–Crippen LogP) is 2.52. The number of fused-ring (bicyclic) bond motifs is 1. The van der Waals surface area contributed by atoms with Crippen molar-refractivity contribution in [1.29, 1.82) is 0 Å². The molecular formula is C12H9N. The molecule has 1 nitrogen and oxygen atoms in total. The van der Waals surface area contributed by atoms with Crippen LogP contribution in [0.1, 0.15) is 11.3 Å². The normalized spacial score (nSPS) is 9.85. The van der Waals surface area contributed by atoms with Gasteiger partial charge in [-0.05, 0) is 19.1 Å². The number of hydrogen-bond acceptors (Lipinski definition) is 1. The van der Waals surface area contributed by atoms with Gasteiger partial charge in [-0.3, -0.25) is 4.98 Å². The van der Waals surface area contributed by atoms with Gasteiger partial charge in [0.25, 0.3) is 0 Å². The van der Waals surface area contributed by atoms with Crippen LogP contribution >= 0.6 is 0 Å². The molecule has 0 aliphatic heterocycles. The van der Waals surface area contributed by atoms with E-state index in [0.29, 0.717) is 0 Å². The van der Waals surface area contributed by atoms with Crippen LogP contribution in [-0.2, 0) is 0 Å². The Labute approximate surface area is 77.4 Å². The third kappa shape index (κ3) is 1.27. The van der Waals surface area contributed by atoms with Crippen LogP contribution in [-0.4, -0.2) is 4.98 Å². The highest BCUT2D eigenvalue weighted by Gasteiger charge is 1.98. The molecule has 0 aliphatic carbocycles. The van der Waals surface area contributed by atoms with Crippen LogP contribution in [0.5, 0.6) is 0 Å². The molecule has 2 rings (SSSR count). The molecule has 62 valence electrons. The molecule has 0 unspecified atom stereocenters. The van der Waals surface area contributed by atoms with Gasteiger partial charge in [0, 0.05) is 11.1 Å². The van der Waals surface area contributed by atoms with Gasteiger partial charge in [0.1, 0.15) is 0 Å². The zero-order valence-corrected chi connectivity index (χ0v) is 7.41. The van der Waals surface area contributed by atoms with Crippen molar-refractivity contribution in [1.82, 2.24) is 4.98 Å². The average molecular weight is 167 g/mol. The number of terminal acetylenes is 1. The molecule has 0 spiro atoms. The van der Waals surface area contributed by atoms with E-state index < -0.39 is 0 Å². The van der Waals surface area contributed by atoms with Gasteiger partial charge < -0.3 is 0 Å². The second kappa shape index (κ2) is 2.91. The van der Waals surface area contributed by atoms with Crippen LogP contribution < -0.4 is 0 Å². The molecule has 1 aromatic heterocycles. The molecule has 0 amide bonds. The Bertz CT molecular complexity index is 492. The molecule has 0 radical (unpaired) electrons. The van der Waals surface area contributed by atoms with Crippen LogP contribution in [0, 0.1) is 19.3 Å². The van der Waals surface area contributed by atoms with Crippen molar-refractivity contribution in [2.75, 3.05) is 0 Å². The molecule has 2 aromatic rings. The van der Waals surface area contributed by atoms with Gasteiger partial charge in [-0.1, -0.05) is 24.1 Å². The monoisotopic (exact) mass is 167 g/mol. The lowest BCUT2D eigenvalue weighted by molar-refractivity contribution is 1.25. The Morgan fingerprint density at radius 2 is 2.08 bits per heavy atom. The van der Waals surface area contributed by atoms with Crippen LogP contribution in [0.15, 0.2) is 30.3 Å². The maximum Gasteiger partial charge on any atom is 0.0861 e. The third-order valence-electron chi connectivity index (χ3n) is 2.01. The average Bonchev–Trinajstić information content (AvgIpc) is 2.17. The van der Waals surface area contributed by atoms with Gasteiger partial charge in [0.05, 0.1) is 11.1 Å². The smallest absolute Gasteiger partial charge is 0.0861 e. The van der Waals surface area contributed by atoms with E-state index >= 15 is 0 Å². The lowest BCUT2D eigenvalue weighted by Gasteiger charge is -2.00. The number of nitrogens with zero attached hydrogens (tertiary/aromatic N) is 1. The molecule has 0 saturated carbocycles. The maximum atomic E-state index is 5.38. The maximum absolute atomic E-state index is 5.38. The molecule has 0 saturated heterocycles. The van der Waals surface area contributed by atoms with Gasteiger partial charge in [0.2, 0.25) is 0 Å². The van der Waals surface area contributed by atoms with E-state index in [4.69, 9.17) is 6.42 Å². The summed E-state index contributed by atoms with van der Waals surface area (Å²) in [6.07, 6.45) is 5.38. The summed E-state index contributed by atoms with van der Waals surface area (Å²) in [7, 11) is 0. The first-order valence-electron chi connectivity index (χ1n) is 4.14. The molecule has 0 fully saturated rings. The fourth-order valence-corrected chi connectivity index (χ4v) is 1.36. The summed E-state index contributed by atoms with van der Waals surface area (Å²) in [5.74, 6) is 2.63. The van der Waals surface area contributed by atoms with Crippen LogP contribution in [0.3, 0.4) is 0 Å². The van der Waals surface area contributed by atoms with E-state index in [9.17, 15) is 0 Å². The molecular weight excluding hydrogens is 158 g/mol. The highest BCUT2D eigenvalue weighted by atomic mass is 14.7. The van der Waals surface area contributed by atoms with Gasteiger partial charge in [-0.2, -0.15) is 0 Å². The minimum absolute atomic E-state index is 0.862. The topological polar surface area (TPSA) is 12.9 Å². The van der Waals surface area contributed by atoms with Crippen molar-refractivity contribution in [3.63, 3.8) is 0 Å². The van der Waals surface area contributed by atoms with E-state index in [1.807, 2.05) is 37.3 Å². The summed E-state index contributed by atoms with van der Waals surface area (Å²) in [6.45, 7) is 1.97. The number of pyridine rings is 1. The number of aromatic nitrogens is 1. The van der Waals surface area contributed by atoms with E-state index in [0.717, 1.165) is 22.2 Å². The highest BCUT2D eigenvalue weighted by Crippen LogP contribution is 2.15. The Morgan fingerprint density at radius 1 is 1.23 bits per heavy atom. The van der Waals surface area contributed by atoms with Crippen molar-refractivity contribution < 1.29 is 0 Å². The molecule has 0 aliphatic rings. The molecule has 1 heteroatoms. The Hall–Kier alpha value is -1.81. The second-order valence-electron chi connectivity index (χ2n) is 2.97. The van der Waals surface area contributed by atoms with Gasteiger partial charge in [-0.15, -0.1) is 6.42 Å². The summed E-state index contributed by atoms with van der Waals surface area (Å²) < 4.78 is 0. The quantitative estimate of drug-likeness (QED) is 0.549. The summed E-state index contributed by atoms with van der Waals surface area (Å²) in [4.78, 5) is 4.40. The lowest BCUT2D eigenvalue weighted by atomic mass is 10.1. The molecule has 13 heavy (non-hydrogen) atoms. The minimum Gasteiger partial charge on any atom is -0.252 e. The number of hydrogen-bond donors (Lipinski definition) is 0. The first-order valence-corrected chi connectivity index (χ1v) is 4.14. The van der Waals surface area contributed by atoms with Crippen molar-refractivity contribution in [3.05, 3.63) is 41.6 Å². The molecule has 0 bridgehead atoms. The minimum atomic E-state index is 0.862. The largest absolute Gasteiger partial charge is 0.252 e. The molecule has 0 N–H and O–H groups in total. The Balaban J connectivity index is 2.89. The predicted molar refractivity (Wildman–Crippen MR) is 54.4 cm³/mol. The number of para-hydroxylation sites is 1. The summed E-state index contributed by atoms with van der Waals surface area (Å²) in [6, 6.07) is 9.91. The van der Waals surface area contributed by atoms with Crippen molar-refractivity contribution >= 4 is 10.9 Å². The first-order chi connectivity index (χ1) is 6.31. The van der Waals surface area contributed by atoms with Crippen molar-refractivity contribution in [2.24, 2.45) is 0 Å².